The molecule has 0 aliphatic carbocycles. The predicted octanol–water partition coefficient (Wildman–Crippen LogP) is 2.79. The minimum absolute atomic E-state index is 0.175. The Morgan fingerprint density at radius 1 is 1.40 bits per heavy atom. The van der Waals surface area contributed by atoms with E-state index in [4.69, 9.17) is 10.9 Å². The summed E-state index contributed by atoms with van der Waals surface area (Å²) in [5.74, 6) is 1.07. The summed E-state index contributed by atoms with van der Waals surface area (Å²) in [6, 6.07) is 7.96. The summed E-state index contributed by atoms with van der Waals surface area (Å²) in [6.07, 6.45) is 5.25. The Hall–Kier alpha value is -1.55. The smallest absolute Gasteiger partial charge is 0.170 e. The summed E-state index contributed by atoms with van der Waals surface area (Å²) >= 11 is 0. The maximum absolute atomic E-state index is 8.75. The predicted molar refractivity (Wildman–Crippen MR) is 81.9 cm³/mol. The van der Waals surface area contributed by atoms with E-state index in [-0.39, 0.29) is 5.84 Å². The third-order valence-electron chi connectivity index (χ3n) is 4.25. The lowest BCUT2D eigenvalue weighted by Gasteiger charge is -2.20. The van der Waals surface area contributed by atoms with E-state index in [0.29, 0.717) is 0 Å². The summed E-state index contributed by atoms with van der Waals surface area (Å²) in [5, 5.41) is 11.8. The highest BCUT2D eigenvalue weighted by atomic mass is 16.4. The van der Waals surface area contributed by atoms with Crippen LogP contribution in [0.4, 0.5) is 0 Å². The Balaban J connectivity index is 1.99. The molecular weight excluding hydrogens is 250 g/mol. The second kappa shape index (κ2) is 7.29. The van der Waals surface area contributed by atoms with Gasteiger partial charge in [0.25, 0.3) is 0 Å². The first-order valence-electron chi connectivity index (χ1n) is 7.52. The third-order valence-corrected chi connectivity index (χ3v) is 4.25. The number of benzene rings is 1. The van der Waals surface area contributed by atoms with Crippen molar-refractivity contribution in [2.75, 3.05) is 13.1 Å². The first-order chi connectivity index (χ1) is 9.72. The van der Waals surface area contributed by atoms with Gasteiger partial charge >= 0.3 is 0 Å². The van der Waals surface area contributed by atoms with Gasteiger partial charge in [0, 0.05) is 12.1 Å². The topological polar surface area (TPSA) is 61.8 Å². The van der Waals surface area contributed by atoms with Crippen LogP contribution < -0.4 is 5.73 Å². The van der Waals surface area contributed by atoms with E-state index in [1.165, 1.54) is 44.3 Å². The number of hydrogen-bond acceptors (Lipinski definition) is 3. The first-order valence-corrected chi connectivity index (χ1v) is 7.52. The number of nitrogens with two attached hydrogens (primary N) is 1. The molecule has 1 unspecified atom stereocenters. The summed E-state index contributed by atoms with van der Waals surface area (Å²) in [4.78, 5) is 2.51. The zero-order valence-electron chi connectivity index (χ0n) is 12.3. The van der Waals surface area contributed by atoms with Crippen LogP contribution in [0.25, 0.3) is 0 Å². The van der Waals surface area contributed by atoms with E-state index in [9.17, 15) is 0 Å². The fourth-order valence-electron chi connectivity index (χ4n) is 2.94. The molecule has 3 N–H and O–H groups in total. The molecule has 1 saturated heterocycles. The Morgan fingerprint density at radius 2 is 2.25 bits per heavy atom. The monoisotopic (exact) mass is 275 g/mol. The summed E-state index contributed by atoms with van der Waals surface area (Å²) in [7, 11) is 0. The van der Waals surface area contributed by atoms with Gasteiger partial charge in [-0.05, 0) is 49.9 Å². The molecule has 2 rings (SSSR count). The van der Waals surface area contributed by atoms with Gasteiger partial charge in [-0.2, -0.15) is 0 Å². The van der Waals surface area contributed by atoms with Gasteiger partial charge in [-0.25, -0.2) is 0 Å². The zero-order valence-corrected chi connectivity index (χ0v) is 12.3. The van der Waals surface area contributed by atoms with Crippen molar-refractivity contribution >= 4 is 5.84 Å². The molecule has 4 heteroatoms. The van der Waals surface area contributed by atoms with Crippen molar-refractivity contribution in [3.05, 3.63) is 35.4 Å². The van der Waals surface area contributed by atoms with Crippen LogP contribution in [0.1, 0.15) is 43.7 Å². The van der Waals surface area contributed by atoms with Crippen molar-refractivity contribution < 1.29 is 5.21 Å². The molecular formula is C16H25N3O. The second-order valence-corrected chi connectivity index (χ2v) is 5.67. The van der Waals surface area contributed by atoms with Crippen molar-refractivity contribution in [1.82, 2.24) is 4.90 Å². The fraction of sp³-hybridized carbons (Fsp3) is 0.562. The molecule has 0 amide bonds. The van der Waals surface area contributed by atoms with Crippen molar-refractivity contribution in [3.63, 3.8) is 0 Å². The molecule has 1 aromatic rings. The normalized spacial score (nSPS) is 21.6. The molecule has 110 valence electrons. The number of amidine groups is 1. The van der Waals surface area contributed by atoms with Crippen molar-refractivity contribution in [2.24, 2.45) is 16.8 Å². The van der Waals surface area contributed by atoms with Crippen LogP contribution in [-0.4, -0.2) is 29.0 Å². The quantitative estimate of drug-likeness (QED) is 0.384. The summed E-state index contributed by atoms with van der Waals surface area (Å²) in [5.41, 5.74) is 7.65. The Bertz CT molecular complexity index is 459. The SMILES string of the molecule is CCC1CCCN(Cc2cccc(C(N)=NO)c2)CC1. The maximum atomic E-state index is 8.75. The van der Waals surface area contributed by atoms with Gasteiger partial charge in [-0.15, -0.1) is 0 Å². The molecule has 1 aliphatic heterocycles. The Morgan fingerprint density at radius 3 is 3.00 bits per heavy atom. The van der Waals surface area contributed by atoms with E-state index in [0.717, 1.165) is 18.0 Å². The highest BCUT2D eigenvalue weighted by Crippen LogP contribution is 2.21. The molecule has 1 atom stereocenters. The fourth-order valence-corrected chi connectivity index (χ4v) is 2.94. The van der Waals surface area contributed by atoms with Crippen molar-refractivity contribution in [2.45, 2.75) is 39.2 Å². The maximum Gasteiger partial charge on any atom is 0.170 e. The Kier molecular flexibility index (Phi) is 5.41. The van der Waals surface area contributed by atoms with Crippen LogP contribution in [0.15, 0.2) is 29.4 Å². The minimum atomic E-state index is 0.175. The van der Waals surface area contributed by atoms with Gasteiger partial charge in [0.05, 0.1) is 0 Å². The molecule has 0 aromatic heterocycles. The molecule has 0 bridgehead atoms. The van der Waals surface area contributed by atoms with Gasteiger partial charge in [0.15, 0.2) is 5.84 Å². The van der Waals surface area contributed by atoms with Gasteiger partial charge < -0.3 is 10.9 Å². The lowest BCUT2D eigenvalue weighted by molar-refractivity contribution is 0.272. The highest BCUT2D eigenvalue weighted by Gasteiger charge is 2.15. The first kappa shape index (κ1) is 14.9. The van der Waals surface area contributed by atoms with Gasteiger partial charge in [0.2, 0.25) is 0 Å². The standard InChI is InChI=1S/C16H25N3O/c1-2-13-6-4-9-19(10-8-13)12-14-5-3-7-15(11-14)16(17)18-20/h3,5,7,11,13,20H,2,4,6,8-10,12H2,1H3,(H2,17,18). The van der Waals surface area contributed by atoms with Gasteiger partial charge in [0.1, 0.15) is 0 Å². The number of nitrogens with zero attached hydrogens (tertiary/aromatic N) is 2. The molecule has 4 nitrogen and oxygen atoms in total. The second-order valence-electron chi connectivity index (χ2n) is 5.67. The molecule has 1 heterocycles. The minimum Gasteiger partial charge on any atom is -0.409 e. The van der Waals surface area contributed by atoms with Crippen LogP contribution >= 0.6 is 0 Å². The number of rotatable bonds is 4. The molecule has 0 radical (unpaired) electrons. The molecule has 1 fully saturated rings. The van der Waals surface area contributed by atoms with Crippen LogP contribution in [0, 0.1) is 5.92 Å². The zero-order chi connectivity index (χ0) is 14.4. The van der Waals surface area contributed by atoms with E-state index < -0.39 is 0 Å². The van der Waals surface area contributed by atoms with Crippen molar-refractivity contribution in [3.8, 4) is 0 Å². The number of hydrogen-bond donors (Lipinski definition) is 2. The van der Waals surface area contributed by atoms with Crippen LogP contribution in [0.2, 0.25) is 0 Å². The summed E-state index contributed by atoms with van der Waals surface area (Å²) < 4.78 is 0. The van der Waals surface area contributed by atoms with E-state index >= 15 is 0 Å². The largest absolute Gasteiger partial charge is 0.409 e. The number of oxime groups is 1. The summed E-state index contributed by atoms with van der Waals surface area (Å²) in [6.45, 7) is 5.58. The van der Waals surface area contributed by atoms with Crippen LogP contribution in [0.5, 0.6) is 0 Å². The molecule has 0 saturated carbocycles. The van der Waals surface area contributed by atoms with E-state index in [1.54, 1.807) is 0 Å². The van der Waals surface area contributed by atoms with Crippen LogP contribution in [-0.2, 0) is 6.54 Å². The number of likely N-dealkylation sites (tertiary alicyclic amines) is 1. The molecule has 1 aliphatic rings. The van der Waals surface area contributed by atoms with Crippen molar-refractivity contribution in [1.29, 1.82) is 0 Å². The average Bonchev–Trinajstić information content (AvgIpc) is 2.72. The Labute approximate surface area is 121 Å². The van der Waals surface area contributed by atoms with E-state index in [1.807, 2.05) is 18.2 Å². The molecule has 0 spiro atoms. The lowest BCUT2D eigenvalue weighted by Crippen LogP contribution is -2.24. The molecule has 1 aromatic carbocycles. The molecule has 20 heavy (non-hydrogen) atoms. The lowest BCUT2D eigenvalue weighted by atomic mass is 9.98. The van der Waals surface area contributed by atoms with Crippen LogP contribution in [0.3, 0.4) is 0 Å². The highest BCUT2D eigenvalue weighted by molar-refractivity contribution is 5.97. The third kappa shape index (κ3) is 3.97. The average molecular weight is 275 g/mol. The van der Waals surface area contributed by atoms with Gasteiger partial charge in [-0.1, -0.05) is 36.7 Å². The van der Waals surface area contributed by atoms with E-state index in [2.05, 4.69) is 23.0 Å². The van der Waals surface area contributed by atoms with Gasteiger partial charge in [-0.3, -0.25) is 4.90 Å².